The van der Waals surface area contributed by atoms with Gasteiger partial charge in [0, 0.05) is 22.6 Å². The number of halogens is 2. The number of amides is 1. The molecule has 2 aliphatic rings. The number of hydrogen-bond acceptors (Lipinski definition) is 3. The SMILES string of the molecule is O=C(Nc1nc(C2CCC(Cl)C(Cl)C2)cs1)C1CC1. The van der Waals surface area contributed by atoms with Crippen LogP contribution < -0.4 is 5.32 Å². The van der Waals surface area contributed by atoms with Crippen LogP contribution in [0.4, 0.5) is 5.13 Å². The van der Waals surface area contributed by atoms with Crippen LogP contribution in [-0.4, -0.2) is 21.6 Å². The molecule has 104 valence electrons. The van der Waals surface area contributed by atoms with Gasteiger partial charge in [0.1, 0.15) is 0 Å². The summed E-state index contributed by atoms with van der Waals surface area (Å²) in [4.78, 5) is 16.2. The number of carbonyl (C=O) groups is 1. The highest BCUT2D eigenvalue weighted by molar-refractivity contribution is 7.13. The van der Waals surface area contributed by atoms with E-state index in [2.05, 4.69) is 10.3 Å². The zero-order valence-corrected chi connectivity index (χ0v) is 12.8. The Bertz CT molecular complexity index is 475. The van der Waals surface area contributed by atoms with Crippen LogP contribution in [0, 0.1) is 5.92 Å². The monoisotopic (exact) mass is 318 g/mol. The Morgan fingerprint density at radius 3 is 2.74 bits per heavy atom. The van der Waals surface area contributed by atoms with Crippen molar-refractivity contribution in [3.8, 4) is 0 Å². The van der Waals surface area contributed by atoms with E-state index in [1.165, 1.54) is 11.3 Å². The number of alkyl halides is 2. The molecule has 19 heavy (non-hydrogen) atoms. The van der Waals surface area contributed by atoms with Crippen molar-refractivity contribution in [1.29, 1.82) is 0 Å². The zero-order chi connectivity index (χ0) is 13.4. The molecule has 1 amide bonds. The Morgan fingerprint density at radius 2 is 2.05 bits per heavy atom. The van der Waals surface area contributed by atoms with Crippen molar-refractivity contribution in [3.63, 3.8) is 0 Å². The molecule has 3 rings (SSSR count). The summed E-state index contributed by atoms with van der Waals surface area (Å²) >= 11 is 13.9. The highest BCUT2D eigenvalue weighted by Crippen LogP contribution is 2.38. The van der Waals surface area contributed by atoms with Gasteiger partial charge in [0.05, 0.1) is 11.1 Å². The first kappa shape index (κ1) is 13.7. The van der Waals surface area contributed by atoms with Crippen molar-refractivity contribution in [2.45, 2.75) is 48.8 Å². The molecule has 6 heteroatoms. The summed E-state index contributed by atoms with van der Waals surface area (Å²) in [5.74, 6) is 0.701. The third-order valence-electron chi connectivity index (χ3n) is 3.81. The Hall–Kier alpha value is -0.320. The summed E-state index contributed by atoms with van der Waals surface area (Å²) < 4.78 is 0. The largest absolute Gasteiger partial charge is 0.302 e. The number of anilines is 1. The van der Waals surface area contributed by atoms with Crippen LogP contribution >= 0.6 is 34.5 Å². The molecule has 2 fully saturated rings. The normalized spacial score (nSPS) is 31.2. The Morgan fingerprint density at radius 1 is 1.26 bits per heavy atom. The highest BCUT2D eigenvalue weighted by atomic mass is 35.5. The van der Waals surface area contributed by atoms with Gasteiger partial charge in [-0.1, -0.05) is 0 Å². The van der Waals surface area contributed by atoms with E-state index in [-0.39, 0.29) is 22.6 Å². The Balaban J connectivity index is 1.62. The summed E-state index contributed by atoms with van der Waals surface area (Å²) in [5, 5.41) is 5.73. The summed E-state index contributed by atoms with van der Waals surface area (Å²) in [6.07, 6.45) is 4.85. The number of carbonyl (C=O) groups excluding carboxylic acids is 1. The number of thiazole rings is 1. The number of hydrogen-bond donors (Lipinski definition) is 1. The fourth-order valence-electron chi connectivity index (χ4n) is 2.43. The lowest BCUT2D eigenvalue weighted by Crippen LogP contribution is -2.25. The summed E-state index contributed by atoms with van der Waals surface area (Å²) in [6, 6.07) is 0. The van der Waals surface area contributed by atoms with E-state index in [0.29, 0.717) is 11.0 Å². The van der Waals surface area contributed by atoms with E-state index in [1.54, 1.807) is 0 Å². The van der Waals surface area contributed by atoms with Crippen LogP contribution in [0.25, 0.3) is 0 Å². The van der Waals surface area contributed by atoms with Crippen molar-refractivity contribution >= 4 is 45.6 Å². The lowest BCUT2D eigenvalue weighted by Gasteiger charge is -2.28. The van der Waals surface area contributed by atoms with Gasteiger partial charge in [-0.15, -0.1) is 34.5 Å². The van der Waals surface area contributed by atoms with Gasteiger partial charge >= 0.3 is 0 Å². The second kappa shape index (κ2) is 5.58. The predicted octanol–water partition coefficient (Wildman–Crippen LogP) is 3.97. The fraction of sp³-hybridized carbons (Fsp3) is 0.692. The number of rotatable bonds is 3. The van der Waals surface area contributed by atoms with Gasteiger partial charge < -0.3 is 5.32 Å². The maximum Gasteiger partial charge on any atom is 0.229 e. The molecule has 3 atom stereocenters. The zero-order valence-electron chi connectivity index (χ0n) is 10.4. The number of nitrogens with zero attached hydrogens (tertiary/aromatic N) is 1. The first-order chi connectivity index (χ1) is 9.13. The minimum atomic E-state index is 0.0200. The average Bonchev–Trinajstić information content (AvgIpc) is 3.14. The second-order valence-corrected chi connectivity index (χ2v) is 7.36. The molecule has 0 aliphatic heterocycles. The molecule has 3 nitrogen and oxygen atoms in total. The van der Waals surface area contributed by atoms with Crippen molar-refractivity contribution in [2.75, 3.05) is 5.32 Å². The molecule has 2 aliphatic carbocycles. The third-order valence-corrected chi connectivity index (χ3v) is 5.72. The second-order valence-electron chi connectivity index (χ2n) is 5.38. The van der Waals surface area contributed by atoms with Gasteiger partial charge in [-0.25, -0.2) is 4.98 Å². The molecular formula is C13H16Cl2N2OS. The molecule has 1 heterocycles. The van der Waals surface area contributed by atoms with Gasteiger partial charge in [0.2, 0.25) is 5.91 Å². The molecule has 0 aromatic carbocycles. The van der Waals surface area contributed by atoms with Gasteiger partial charge in [0.15, 0.2) is 5.13 Å². The van der Waals surface area contributed by atoms with Crippen LogP contribution in [0.5, 0.6) is 0 Å². The molecule has 0 radical (unpaired) electrons. The molecule has 0 bridgehead atoms. The van der Waals surface area contributed by atoms with E-state index in [9.17, 15) is 4.79 Å². The Labute approximate surface area is 126 Å². The topological polar surface area (TPSA) is 42.0 Å². The van der Waals surface area contributed by atoms with Crippen LogP contribution in [0.1, 0.15) is 43.7 Å². The van der Waals surface area contributed by atoms with E-state index in [0.717, 1.165) is 37.8 Å². The van der Waals surface area contributed by atoms with Crippen LogP contribution in [-0.2, 0) is 4.79 Å². The molecule has 2 saturated carbocycles. The summed E-state index contributed by atoms with van der Waals surface area (Å²) in [5.41, 5.74) is 1.05. The molecule has 1 aromatic heterocycles. The third kappa shape index (κ3) is 3.23. The molecule has 0 spiro atoms. The first-order valence-corrected chi connectivity index (χ1v) is 8.43. The quantitative estimate of drug-likeness (QED) is 0.857. The van der Waals surface area contributed by atoms with Gasteiger partial charge in [0.25, 0.3) is 0 Å². The van der Waals surface area contributed by atoms with E-state index < -0.39 is 0 Å². The molecular weight excluding hydrogens is 303 g/mol. The van der Waals surface area contributed by atoms with Gasteiger partial charge in [-0.2, -0.15) is 0 Å². The highest BCUT2D eigenvalue weighted by Gasteiger charge is 2.31. The lowest BCUT2D eigenvalue weighted by molar-refractivity contribution is -0.117. The minimum Gasteiger partial charge on any atom is -0.302 e. The average molecular weight is 319 g/mol. The van der Waals surface area contributed by atoms with Crippen molar-refractivity contribution in [2.24, 2.45) is 5.92 Å². The van der Waals surface area contributed by atoms with Crippen molar-refractivity contribution in [3.05, 3.63) is 11.1 Å². The molecule has 3 unspecified atom stereocenters. The number of nitrogens with one attached hydrogen (secondary N) is 1. The van der Waals surface area contributed by atoms with Gasteiger partial charge in [-0.3, -0.25) is 4.79 Å². The van der Waals surface area contributed by atoms with E-state index >= 15 is 0 Å². The maximum atomic E-state index is 11.7. The summed E-state index contributed by atoms with van der Waals surface area (Å²) in [6.45, 7) is 0. The standard InChI is InChI=1S/C13H16Cl2N2OS/c14-9-4-3-8(5-10(9)15)11-6-19-13(16-11)17-12(18)7-1-2-7/h6-10H,1-5H2,(H,16,17,18). The van der Waals surface area contributed by atoms with E-state index in [1.807, 2.05) is 5.38 Å². The van der Waals surface area contributed by atoms with Crippen LogP contribution in [0.2, 0.25) is 0 Å². The maximum absolute atomic E-state index is 11.7. The Kier molecular flexibility index (Phi) is 4.01. The van der Waals surface area contributed by atoms with Crippen molar-refractivity contribution < 1.29 is 4.79 Å². The minimum absolute atomic E-state index is 0.0200. The van der Waals surface area contributed by atoms with E-state index in [4.69, 9.17) is 23.2 Å². The van der Waals surface area contributed by atoms with Crippen LogP contribution in [0.3, 0.4) is 0 Å². The fourth-order valence-corrected chi connectivity index (χ4v) is 3.80. The number of aromatic nitrogens is 1. The first-order valence-electron chi connectivity index (χ1n) is 6.68. The molecule has 1 N–H and O–H groups in total. The predicted molar refractivity (Wildman–Crippen MR) is 79.3 cm³/mol. The smallest absolute Gasteiger partial charge is 0.229 e. The van der Waals surface area contributed by atoms with Gasteiger partial charge in [-0.05, 0) is 32.1 Å². The summed E-state index contributed by atoms with van der Waals surface area (Å²) in [7, 11) is 0. The molecule has 1 aromatic rings. The lowest BCUT2D eigenvalue weighted by atomic mass is 9.87. The molecule has 0 saturated heterocycles. The van der Waals surface area contributed by atoms with Crippen LogP contribution in [0.15, 0.2) is 5.38 Å². The van der Waals surface area contributed by atoms with Crippen molar-refractivity contribution in [1.82, 2.24) is 4.98 Å².